The van der Waals surface area contributed by atoms with E-state index >= 15 is 0 Å². The molecule has 40 heavy (non-hydrogen) atoms. The van der Waals surface area contributed by atoms with Crippen molar-refractivity contribution in [2.75, 3.05) is 19.8 Å². The van der Waals surface area contributed by atoms with Gasteiger partial charge < -0.3 is 80.3 Å². The molecule has 3 aliphatic rings. The largest absolute Gasteiger partial charge is 0.394 e. The maximum Gasteiger partial charge on any atom is 0.217 e. The second-order valence-corrected chi connectivity index (χ2v) is 9.81. The lowest BCUT2D eigenvalue weighted by Gasteiger charge is -2.48. The summed E-state index contributed by atoms with van der Waals surface area (Å²) in [5.41, 5.74) is 0. The molecule has 3 aliphatic heterocycles. The van der Waals surface area contributed by atoms with E-state index in [9.17, 15) is 55.5 Å². The zero-order chi connectivity index (χ0) is 29.9. The van der Waals surface area contributed by atoms with Gasteiger partial charge >= 0.3 is 0 Å². The average Bonchev–Trinajstić information content (AvgIpc) is 2.90. The fraction of sp³-hybridized carbons (Fsp3) is 0.909. The summed E-state index contributed by atoms with van der Waals surface area (Å²) in [5.74, 6) is -1.29. The maximum atomic E-state index is 11.7. The number of nitrogens with one attached hydrogen (secondary N) is 2. The van der Waals surface area contributed by atoms with Crippen LogP contribution < -0.4 is 10.6 Å². The molecule has 0 spiro atoms. The van der Waals surface area contributed by atoms with E-state index in [2.05, 4.69) is 10.6 Å². The molecule has 3 fully saturated rings. The second-order valence-electron chi connectivity index (χ2n) is 9.81. The molecule has 3 heterocycles. The van der Waals surface area contributed by atoms with Gasteiger partial charge in [-0.2, -0.15) is 0 Å². The SMILES string of the molecule is CC(=O)N[C@H]1[C@@H](O[C@H]2[C@@H](O)[C@@H](CO)O[C@@H](O[C@H]3[C@H](O)[C@@H](NC(C)=O)C(O)O[C@@H]3CO)[C@@H]2O)O[C@H](CO)[C@@H](O)[C@@H]1O. The molecule has 2 amide bonds. The number of ether oxygens (including phenoxy) is 5. The normalized spacial score (nSPS) is 46.0. The van der Waals surface area contributed by atoms with E-state index in [1.807, 2.05) is 0 Å². The predicted molar refractivity (Wildman–Crippen MR) is 124 cm³/mol. The Bertz CT molecular complexity index is 854. The van der Waals surface area contributed by atoms with Gasteiger partial charge in [-0.1, -0.05) is 0 Å². The molecule has 11 N–H and O–H groups in total. The van der Waals surface area contributed by atoms with Crippen molar-refractivity contribution in [2.45, 2.75) is 106 Å². The molecule has 15 atom stereocenters. The van der Waals surface area contributed by atoms with Gasteiger partial charge in [0.2, 0.25) is 11.8 Å². The fourth-order valence-electron chi connectivity index (χ4n) is 4.86. The third-order valence-corrected chi connectivity index (χ3v) is 6.90. The van der Waals surface area contributed by atoms with Crippen LogP contribution in [0.5, 0.6) is 0 Å². The number of aliphatic hydroxyl groups excluding tert-OH is 9. The first-order valence-electron chi connectivity index (χ1n) is 12.6. The highest BCUT2D eigenvalue weighted by Crippen LogP contribution is 2.32. The van der Waals surface area contributed by atoms with E-state index in [-0.39, 0.29) is 0 Å². The molecule has 0 bridgehead atoms. The van der Waals surface area contributed by atoms with Crippen LogP contribution in [-0.4, -0.2) is 170 Å². The molecule has 0 saturated carbocycles. The zero-order valence-electron chi connectivity index (χ0n) is 21.7. The highest BCUT2D eigenvalue weighted by molar-refractivity contribution is 5.73. The summed E-state index contributed by atoms with van der Waals surface area (Å²) >= 11 is 0. The van der Waals surface area contributed by atoms with E-state index in [0.29, 0.717) is 0 Å². The number of hydrogen-bond acceptors (Lipinski definition) is 16. The summed E-state index contributed by atoms with van der Waals surface area (Å²) in [4.78, 5) is 23.3. The third-order valence-electron chi connectivity index (χ3n) is 6.90. The minimum atomic E-state index is -1.92. The summed E-state index contributed by atoms with van der Waals surface area (Å²) in [7, 11) is 0. The number of carbonyl (C=O) groups excluding carboxylic acids is 2. The lowest BCUT2D eigenvalue weighted by molar-refractivity contribution is -0.367. The van der Waals surface area contributed by atoms with Crippen molar-refractivity contribution < 1.29 is 79.2 Å². The Kier molecular flexibility index (Phi) is 11.5. The van der Waals surface area contributed by atoms with Crippen molar-refractivity contribution in [1.82, 2.24) is 10.6 Å². The molecule has 0 aromatic rings. The van der Waals surface area contributed by atoms with Crippen LogP contribution in [0, 0.1) is 0 Å². The molecule has 18 heteroatoms. The number of aliphatic hydroxyl groups is 9. The van der Waals surface area contributed by atoms with Gasteiger partial charge in [0, 0.05) is 13.8 Å². The topological polar surface area (TPSA) is 286 Å². The van der Waals surface area contributed by atoms with Gasteiger partial charge in [0.1, 0.15) is 73.1 Å². The van der Waals surface area contributed by atoms with Gasteiger partial charge in [-0.25, -0.2) is 0 Å². The molecular formula is C22H38N2O16. The minimum Gasteiger partial charge on any atom is -0.394 e. The number of amides is 2. The number of hydrogen-bond donors (Lipinski definition) is 11. The van der Waals surface area contributed by atoms with Crippen LogP contribution in [0.25, 0.3) is 0 Å². The Morgan fingerprint density at radius 1 is 0.600 bits per heavy atom. The summed E-state index contributed by atoms with van der Waals surface area (Å²) < 4.78 is 27.5. The lowest BCUT2D eigenvalue weighted by Crippen LogP contribution is -2.69. The Morgan fingerprint density at radius 2 is 1.10 bits per heavy atom. The van der Waals surface area contributed by atoms with Crippen molar-refractivity contribution >= 4 is 11.8 Å². The van der Waals surface area contributed by atoms with Gasteiger partial charge in [-0.05, 0) is 0 Å². The molecule has 3 rings (SSSR count). The number of carbonyl (C=O) groups is 2. The summed E-state index contributed by atoms with van der Waals surface area (Å²) in [6.07, 6.45) is -21.4. The summed E-state index contributed by atoms with van der Waals surface area (Å²) in [5, 5.41) is 97.2. The van der Waals surface area contributed by atoms with Crippen molar-refractivity contribution in [3.8, 4) is 0 Å². The Hall–Kier alpha value is -1.62. The highest BCUT2D eigenvalue weighted by Gasteiger charge is 2.54. The number of rotatable bonds is 9. The van der Waals surface area contributed by atoms with Crippen LogP contribution in [0.3, 0.4) is 0 Å². The third kappa shape index (κ3) is 7.05. The van der Waals surface area contributed by atoms with Crippen molar-refractivity contribution in [2.24, 2.45) is 0 Å². The molecule has 1 unspecified atom stereocenters. The summed E-state index contributed by atoms with van der Waals surface area (Å²) in [6.45, 7) is -0.140. The average molecular weight is 587 g/mol. The van der Waals surface area contributed by atoms with Crippen LogP contribution in [-0.2, 0) is 33.3 Å². The van der Waals surface area contributed by atoms with Gasteiger partial charge in [-0.15, -0.1) is 0 Å². The summed E-state index contributed by atoms with van der Waals surface area (Å²) in [6, 6.07) is -2.84. The van der Waals surface area contributed by atoms with E-state index in [0.717, 1.165) is 13.8 Å². The predicted octanol–water partition coefficient (Wildman–Crippen LogP) is -7.29. The molecule has 3 saturated heterocycles. The van der Waals surface area contributed by atoms with Gasteiger partial charge in [0.25, 0.3) is 0 Å². The van der Waals surface area contributed by atoms with Gasteiger partial charge in [0.05, 0.1) is 19.8 Å². The molecule has 0 aliphatic carbocycles. The Balaban J connectivity index is 1.85. The van der Waals surface area contributed by atoms with E-state index in [4.69, 9.17) is 23.7 Å². The smallest absolute Gasteiger partial charge is 0.217 e. The fourth-order valence-corrected chi connectivity index (χ4v) is 4.86. The first-order valence-corrected chi connectivity index (χ1v) is 12.6. The first-order chi connectivity index (χ1) is 18.8. The maximum absolute atomic E-state index is 11.7. The highest BCUT2D eigenvalue weighted by atomic mass is 16.7. The van der Waals surface area contributed by atoms with Crippen LogP contribution >= 0.6 is 0 Å². The molecule has 18 nitrogen and oxygen atoms in total. The standard InChI is InChI=1S/C22H38N2O16/c1-6(28)23-11-16(33)18(10(5-27)36-20(11)35)39-22-17(34)19(14(31)9(4-26)38-22)40-21-12(24-7(2)29)15(32)13(30)8(3-25)37-21/h8-22,25-27,30-35H,3-5H2,1-2H3,(H,23,28)(H,24,29)/t8-,9-,10-,11-,12-,13-,14+,15-,16-,17-,18-,19+,20?,21-,22+/m1/s1. The molecule has 0 aromatic heterocycles. The first kappa shape index (κ1) is 32.9. The molecule has 232 valence electrons. The second kappa shape index (κ2) is 14.0. The Labute approximate surface area is 228 Å². The van der Waals surface area contributed by atoms with E-state index < -0.39 is 124 Å². The van der Waals surface area contributed by atoms with Crippen LogP contribution in [0.1, 0.15) is 13.8 Å². The molecule has 0 radical (unpaired) electrons. The van der Waals surface area contributed by atoms with Crippen LogP contribution in [0.2, 0.25) is 0 Å². The van der Waals surface area contributed by atoms with Crippen LogP contribution in [0.4, 0.5) is 0 Å². The molecular weight excluding hydrogens is 548 g/mol. The minimum absolute atomic E-state index is 0.631. The van der Waals surface area contributed by atoms with Crippen molar-refractivity contribution in [1.29, 1.82) is 0 Å². The quantitative estimate of drug-likeness (QED) is 0.120. The lowest BCUT2D eigenvalue weighted by atomic mass is 9.94. The van der Waals surface area contributed by atoms with Gasteiger partial charge in [0.15, 0.2) is 18.9 Å². The Morgan fingerprint density at radius 3 is 1.65 bits per heavy atom. The van der Waals surface area contributed by atoms with E-state index in [1.54, 1.807) is 0 Å². The van der Waals surface area contributed by atoms with E-state index in [1.165, 1.54) is 0 Å². The van der Waals surface area contributed by atoms with Crippen LogP contribution in [0.15, 0.2) is 0 Å². The zero-order valence-corrected chi connectivity index (χ0v) is 21.7. The van der Waals surface area contributed by atoms with Gasteiger partial charge in [-0.3, -0.25) is 9.59 Å². The molecule has 0 aromatic carbocycles. The van der Waals surface area contributed by atoms with Crippen molar-refractivity contribution in [3.05, 3.63) is 0 Å². The monoisotopic (exact) mass is 586 g/mol. The van der Waals surface area contributed by atoms with Crippen molar-refractivity contribution in [3.63, 3.8) is 0 Å².